The van der Waals surface area contributed by atoms with Gasteiger partial charge in [-0.25, -0.2) is 4.79 Å². The average molecular weight is 493 g/mol. The molecule has 4 rings (SSSR count). The Bertz CT molecular complexity index is 1280. The molecule has 186 valence electrons. The first kappa shape index (κ1) is 25.4. The number of esters is 1. The highest BCUT2D eigenvalue weighted by Gasteiger charge is 2.20. The summed E-state index contributed by atoms with van der Waals surface area (Å²) >= 11 is 0. The number of hydrogen-bond acceptors (Lipinski definition) is 4. The van der Waals surface area contributed by atoms with Crippen molar-refractivity contribution in [3.8, 4) is 0 Å². The van der Waals surface area contributed by atoms with Crippen molar-refractivity contribution in [2.75, 3.05) is 11.9 Å². The van der Waals surface area contributed by atoms with Crippen LogP contribution in [0.15, 0.2) is 115 Å². The first-order valence-corrected chi connectivity index (χ1v) is 12.0. The Morgan fingerprint density at radius 1 is 0.622 bits per heavy atom. The first-order chi connectivity index (χ1) is 18.1. The van der Waals surface area contributed by atoms with Gasteiger partial charge in [-0.2, -0.15) is 0 Å². The quantitative estimate of drug-likeness (QED) is 0.307. The molecule has 0 heterocycles. The Balaban J connectivity index is 1.40. The summed E-state index contributed by atoms with van der Waals surface area (Å²) in [5.74, 6) is -1.24. The van der Waals surface area contributed by atoms with Crippen LogP contribution in [0.5, 0.6) is 0 Å². The molecule has 0 aliphatic rings. The van der Waals surface area contributed by atoms with E-state index in [4.69, 9.17) is 4.74 Å². The van der Waals surface area contributed by atoms with Gasteiger partial charge in [0.15, 0.2) is 6.61 Å². The van der Waals surface area contributed by atoms with Crippen LogP contribution in [-0.4, -0.2) is 29.3 Å². The molecule has 0 unspecified atom stereocenters. The van der Waals surface area contributed by atoms with Gasteiger partial charge in [0.25, 0.3) is 5.91 Å². The van der Waals surface area contributed by atoms with E-state index in [9.17, 15) is 14.4 Å². The summed E-state index contributed by atoms with van der Waals surface area (Å²) in [7, 11) is 0. The van der Waals surface area contributed by atoms with Crippen molar-refractivity contribution in [3.05, 3.63) is 138 Å². The molecule has 0 radical (unpaired) electrons. The number of rotatable bonds is 10. The van der Waals surface area contributed by atoms with Crippen LogP contribution in [0.4, 0.5) is 5.69 Å². The molecule has 0 aliphatic carbocycles. The van der Waals surface area contributed by atoms with Crippen LogP contribution in [0.2, 0.25) is 0 Å². The summed E-state index contributed by atoms with van der Waals surface area (Å²) in [4.78, 5) is 40.2. The highest BCUT2D eigenvalue weighted by atomic mass is 16.5. The Morgan fingerprint density at radius 3 is 1.68 bits per heavy atom. The monoisotopic (exact) mass is 492 g/mol. The maximum Gasteiger partial charge on any atom is 0.340 e. The first-order valence-electron chi connectivity index (χ1n) is 12.0. The molecule has 0 saturated heterocycles. The molecular weight excluding hydrogens is 464 g/mol. The normalized spacial score (nSPS) is 10.4. The van der Waals surface area contributed by atoms with Gasteiger partial charge in [-0.05, 0) is 28.8 Å². The van der Waals surface area contributed by atoms with Crippen LogP contribution in [0.25, 0.3) is 0 Å². The van der Waals surface area contributed by atoms with E-state index in [0.29, 0.717) is 18.8 Å². The Kier molecular flexibility index (Phi) is 8.81. The Hall–Kier alpha value is -4.71. The van der Waals surface area contributed by atoms with E-state index in [1.807, 2.05) is 91.0 Å². The van der Waals surface area contributed by atoms with Gasteiger partial charge in [-0.15, -0.1) is 0 Å². The minimum atomic E-state index is -0.677. The average Bonchev–Trinajstić information content (AvgIpc) is 2.93. The summed E-state index contributed by atoms with van der Waals surface area (Å²) in [6, 6.07) is 35.3. The summed E-state index contributed by atoms with van der Waals surface area (Å²) in [5.41, 5.74) is 3.34. The maximum absolute atomic E-state index is 13.1. The van der Waals surface area contributed by atoms with E-state index in [1.54, 1.807) is 29.2 Å². The number of nitrogens with zero attached hydrogens (tertiary/aromatic N) is 1. The Morgan fingerprint density at radius 2 is 1.11 bits per heavy atom. The lowest BCUT2D eigenvalue weighted by atomic mass is 10.1. The SMILES string of the molecule is O=C(Cc1ccccc1)Nc1ccccc1C(=O)OCC(=O)N(Cc1ccccc1)Cc1ccccc1. The second kappa shape index (κ2) is 12.8. The number of anilines is 1. The minimum absolute atomic E-state index is 0.177. The van der Waals surface area contributed by atoms with Crippen molar-refractivity contribution < 1.29 is 19.1 Å². The standard InChI is InChI=1S/C31H28N2O4/c34-29(20-24-12-4-1-5-13-24)32-28-19-11-10-18-27(28)31(36)37-23-30(35)33(21-25-14-6-2-7-15-25)22-26-16-8-3-9-17-26/h1-19H,20-23H2,(H,32,34). The highest BCUT2D eigenvalue weighted by Crippen LogP contribution is 2.18. The van der Waals surface area contributed by atoms with Gasteiger partial charge >= 0.3 is 5.97 Å². The lowest BCUT2D eigenvalue weighted by Crippen LogP contribution is -2.34. The van der Waals surface area contributed by atoms with Crippen molar-refractivity contribution in [3.63, 3.8) is 0 Å². The summed E-state index contributed by atoms with van der Waals surface area (Å²) in [6.07, 6.45) is 0.177. The van der Waals surface area contributed by atoms with Crippen LogP contribution in [0.3, 0.4) is 0 Å². The maximum atomic E-state index is 13.1. The van der Waals surface area contributed by atoms with Crippen LogP contribution in [0, 0.1) is 0 Å². The van der Waals surface area contributed by atoms with E-state index in [1.165, 1.54) is 0 Å². The fourth-order valence-electron chi connectivity index (χ4n) is 3.88. The largest absolute Gasteiger partial charge is 0.452 e. The lowest BCUT2D eigenvalue weighted by Gasteiger charge is -2.23. The van der Waals surface area contributed by atoms with Crippen molar-refractivity contribution >= 4 is 23.5 Å². The second-order valence-corrected chi connectivity index (χ2v) is 8.55. The van der Waals surface area contributed by atoms with Crippen LogP contribution in [0.1, 0.15) is 27.0 Å². The number of amides is 2. The minimum Gasteiger partial charge on any atom is -0.452 e. The summed E-state index contributed by atoms with van der Waals surface area (Å²) < 4.78 is 5.41. The number of ether oxygens (including phenoxy) is 1. The zero-order valence-electron chi connectivity index (χ0n) is 20.4. The number of nitrogens with one attached hydrogen (secondary N) is 1. The highest BCUT2D eigenvalue weighted by molar-refractivity contribution is 6.02. The van der Waals surface area contributed by atoms with E-state index >= 15 is 0 Å². The van der Waals surface area contributed by atoms with Crippen LogP contribution < -0.4 is 5.32 Å². The molecular formula is C31H28N2O4. The van der Waals surface area contributed by atoms with Crippen LogP contribution in [-0.2, 0) is 33.8 Å². The molecule has 2 amide bonds. The van der Waals surface area contributed by atoms with Gasteiger partial charge in [0.2, 0.25) is 5.91 Å². The van der Waals surface area contributed by atoms with Crippen molar-refractivity contribution in [2.45, 2.75) is 19.5 Å². The van der Waals surface area contributed by atoms with Gasteiger partial charge in [-0.1, -0.05) is 103 Å². The van der Waals surface area contributed by atoms with Crippen LogP contribution >= 0.6 is 0 Å². The predicted octanol–water partition coefficient (Wildman–Crippen LogP) is 5.25. The van der Waals surface area contributed by atoms with Crippen molar-refractivity contribution in [1.29, 1.82) is 0 Å². The molecule has 37 heavy (non-hydrogen) atoms. The van der Waals surface area contributed by atoms with Gasteiger partial charge in [0.05, 0.1) is 17.7 Å². The van der Waals surface area contributed by atoms with E-state index in [-0.39, 0.29) is 23.8 Å². The smallest absolute Gasteiger partial charge is 0.340 e. The second-order valence-electron chi connectivity index (χ2n) is 8.55. The zero-order chi connectivity index (χ0) is 25.9. The predicted molar refractivity (Wildman–Crippen MR) is 143 cm³/mol. The molecule has 6 heteroatoms. The van der Waals surface area contributed by atoms with Crippen molar-refractivity contribution in [1.82, 2.24) is 4.90 Å². The molecule has 4 aromatic rings. The molecule has 4 aromatic carbocycles. The van der Waals surface area contributed by atoms with E-state index < -0.39 is 12.6 Å². The molecule has 0 fully saturated rings. The molecule has 0 saturated carbocycles. The van der Waals surface area contributed by atoms with Gasteiger partial charge in [0.1, 0.15) is 0 Å². The van der Waals surface area contributed by atoms with Gasteiger partial charge in [0, 0.05) is 13.1 Å². The molecule has 0 bridgehead atoms. The zero-order valence-corrected chi connectivity index (χ0v) is 20.4. The molecule has 1 N–H and O–H groups in total. The topological polar surface area (TPSA) is 75.7 Å². The number of carbonyl (C=O) groups is 3. The van der Waals surface area contributed by atoms with Crippen molar-refractivity contribution in [2.24, 2.45) is 0 Å². The third-order valence-corrected chi connectivity index (χ3v) is 5.74. The van der Waals surface area contributed by atoms with Gasteiger partial charge in [-0.3, -0.25) is 9.59 Å². The molecule has 6 nitrogen and oxygen atoms in total. The number of carbonyl (C=O) groups excluding carboxylic acids is 3. The fraction of sp³-hybridized carbons (Fsp3) is 0.129. The summed E-state index contributed by atoms with van der Waals surface area (Å²) in [5, 5.41) is 2.78. The fourth-order valence-corrected chi connectivity index (χ4v) is 3.88. The number of hydrogen-bond donors (Lipinski definition) is 1. The third kappa shape index (κ3) is 7.64. The number of benzene rings is 4. The third-order valence-electron chi connectivity index (χ3n) is 5.74. The van der Waals surface area contributed by atoms with Gasteiger partial charge < -0.3 is 15.0 Å². The van der Waals surface area contributed by atoms with E-state index in [0.717, 1.165) is 16.7 Å². The molecule has 0 aliphatic heterocycles. The molecule has 0 aromatic heterocycles. The summed E-state index contributed by atoms with van der Waals surface area (Å²) in [6.45, 7) is 0.362. The Labute approximate surface area is 216 Å². The molecule has 0 atom stereocenters. The lowest BCUT2D eigenvalue weighted by molar-refractivity contribution is -0.135. The number of para-hydroxylation sites is 1. The molecule has 0 spiro atoms. The van der Waals surface area contributed by atoms with E-state index in [2.05, 4.69) is 5.32 Å².